The van der Waals surface area contributed by atoms with Gasteiger partial charge in [-0.15, -0.1) is 0 Å². The Morgan fingerprint density at radius 2 is 1.70 bits per heavy atom. The molecule has 5 rings (SSSR count). The minimum atomic E-state index is 0.0330. The molecule has 0 aromatic heterocycles. The maximum atomic E-state index is 12.7. The Labute approximate surface area is 175 Å². The molecule has 0 bridgehead atoms. The molecule has 1 saturated heterocycles. The molecule has 154 valence electrons. The van der Waals surface area contributed by atoms with Crippen molar-refractivity contribution in [2.45, 2.75) is 6.54 Å². The first-order chi connectivity index (χ1) is 14.8. The van der Waals surface area contributed by atoms with Crippen molar-refractivity contribution in [3.8, 4) is 17.2 Å². The Bertz CT molecular complexity index is 1050. The number of nitrogens with zero attached hydrogens (tertiary/aromatic N) is 2. The molecule has 2 heterocycles. The number of hydrogen-bond acceptors (Lipinski definition) is 5. The molecule has 30 heavy (non-hydrogen) atoms. The predicted octanol–water partition coefficient (Wildman–Crippen LogP) is 3.29. The zero-order valence-corrected chi connectivity index (χ0v) is 16.8. The highest BCUT2D eigenvalue weighted by Gasteiger charge is 2.22. The van der Waals surface area contributed by atoms with Crippen molar-refractivity contribution < 1.29 is 19.0 Å². The third kappa shape index (κ3) is 3.91. The summed E-state index contributed by atoms with van der Waals surface area (Å²) in [5.41, 5.74) is 1.19. The monoisotopic (exact) mass is 404 g/mol. The van der Waals surface area contributed by atoms with E-state index in [4.69, 9.17) is 14.2 Å². The van der Waals surface area contributed by atoms with Crippen LogP contribution in [0.3, 0.4) is 0 Å². The predicted molar refractivity (Wildman–Crippen MR) is 114 cm³/mol. The maximum absolute atomic E-state index is 12.7. The molecular weight excluding hydrogens is 380 g/mol. The molecule has 6 heteroatoms. The van der Waals surface area contributed by atoms with Gasteiger partial charge in [0.15, 0.2) is 18.1 Å². The number of rotatable bonds is 5. The first kappa shape index (κ1) is 18.8. The molecule has 0 saturated carbocycles. The third-order valence-corrected chi connectivity index (χ3v) is 5.67. The first-order valence-corrected chi connectivity index (χ1v) is 10.3. The van der Waals surface area contributed by atoms with Crippen LogP contribution in [0.25, 0.3) is 10.8 Å². The lowest BCUT2D eigenvalue weighted by Gasteiger charge is -2.34. The number of amides is 1. The van der Waals surface area contributed by atoms with Crippen molar-refractivity contribution in [2.24, 2.45) is 0 Å². The lowest BCUT2D eigenvalue weighted by atomic mass is 10.1. The van der Waals surface area contributed by atoms with Gasteiger partial charge < -0.3 is 19.1 Å². The smallest absolute Gasteiger partial charge is 0.260 e. The van der Waals surface area contributed by atoms with Gasteiger partial charge in [0.25, 0.3) is 5.91 Å². The van der Waals surface area contributed by atoms with Gasteiger partial charge in [-0.2, -0.15) is 0 Å². The van der Waals surface area contributed by atoms with Crippen molar-refractivity contribution >= 4 is 16.7 Å². The quantitative estimate of drug-likeness (QED) is 0.653. The van der Waals surface area contributed by atoms with E-state index in [1.807, 2.05) is 59.5 Å². The number of ether oxygens (including phenoxy) is 3. The number of benzene rings is 3. The topological polar surface area (TPSA) is 51.2 Å². The summed E-state index contributed by atoms with van der Waals surface area (Å²) in [6.45, 7) is 4.30. The summed E-state index contributed by atoms with van der Waals surface area (Å²) in [6, 6.07) is 20.0. The van der Waals surface area contributed by atoms with Crippen LogP contribution in [0.4, 0.5) is 0 Å². The van der Waals surface area contributed by atoms with Crippen LogP contribution in [0.15, 0.2) is 60.7 Å². The van der Waals surface area contributed by atoms with E-state index in [1.54, 1.807) is 0 Å². The van der Waals surface area contributed by atoms with Gasteiger partial charge in [-0.25, -0.2) is 0 Å². The van der Waals surface area contributed by atoms with Crippen LogP contribution in [0, 0.1) is 0 Å². The molecule has 1 amide bonds. The maximum Gasteiger partial charge on any atom is 0.260 e. The fraction of sp³-hybridized carbons (Fsp3) is 0.292. The van der Waals surface area contributed by atoms with E-state index in [9.17, 15) is 4.79 Å². The first-order valence-electron chi connectivity index (χ1n) is 10.3. The molecule has 0 N–H and O–H groups in total. The van der Waals surface area contributed by atoms with Crippen molar-refractivity contribution in [1.29, 1.82) is 0 Å². The fourth-order valence-corrected chi connectivity index (χ4v) is 4.01. The van der Waals surface area contributed by atoms with Crippen LogP contribution in [0.1, 0.15) is 5.56 Å². The summed E-state index contributed by atoms with van der Waals surface area (Å²) in [6.07, 6.45) is 0. The summed E-state index contributed by atoms with van der Waals surface area (Å²) >= 11 is 0. The lowest BCUT2D eigenvalue weighted by Crippen LogP contribution is -2.49. The highest BCUT2D eigenvalue weighted by molar-refractivity contribution is 5.88. The minimum Gasteiger partial charge on any atom is -0.483 e. The van der Waals surface area contributed by atoms with Crippen LogP contribution in [-0.4, -0.2) is 55.3 Å². The Hall–Kier alpha value is -3.25. The molecule has 0 spiro atoms. The molecule has 2 aliphatic rings. The molecule has 0 unspecified atom stereocenters. The van der Waals surface area contributed by atoms with Crippen LogP contribution in [0.5, 0.6) is 17.2 Å². The van der Waals surface area contributed by atoms with E-state index in [-0.39, 0.29) is 12.5 Å². The molecule has 6 nitrogen and oxygen atoms in total. The number of carbonyl (C=O) groups excluding carboxylic acids is 1. The molecule has 0 aliphatic carbocycles. The molecule has 1 fully saturated rings. The van der Waals surface area contributed by atoms with Crippen molar-refractivity contribution in [2.75, 3.05) is 39.6 Å². The van der Waals surface area contributed by atoms with E-state index < -0.39 is 0 Å². The van der Waals surface area contributed by atoms with Gasteiger partial charge in [-0.3, -0.25) is 9.69 Å². The van der Waals surface area contributed by atoms with Gasteiger partial charge >= 0.3 is 0 Å². The van der Waals surface area contributed by atoms with Gasteiger partial charge in [0.1, 0.15) is 5.75 Å². The van der Waals surface area contributed by atoms with E-state index in [2.05, 4.69) is 11.0 Å². The summed E-state index contributed by atoms with van der Waals surface area (Å²) < 4.78 is 16.7. The van der Waals surface area contributed by atoms with Crippen molar-refractivity contribution in [1.82, 2.24) is 9.80 Å². The summed E-state index contributed by atoms with van der Waals surface area (Å²) in [5, 5.41) is 2.14. The summed E-state index contributed by atoms with van der Waals surface area (Å²) in [4.78, 5) is 16.9. The van der Waals surface area contributed by atoms with Crippen LogP contribution in [-0.2, 0) is 11.3 Å². The molecule has 3 aromatic carbocycles. The largest absolute Gasteiger partial charge is 0.483 e. The van der Waals surface area contributed by atoms with E-state index in [1.165, 1.54) is 5.56 Å². The Morgan fingerprint density at radius 3 is 2.60 bits per heavy atom. The van der Waals surface area contributed by atoms with Crippen LogP contribution < -0.4 is 14.2 Å². The summed E-state index contributed by atoms with van der Waals surface area (Å²) in [5.74, 6) is 2.40. The van der Waals surface area contributed by atoms with Crippen molar-refractivity contribution in [3.63, 3.8) is 0 Å². The Balaban J connectivity index is 1.13. The second kappa shape index (κ2) is 8.24. The van der Waals surface area contributed by atoms with E-state index in [0.717, 1.165) is 47.7 Å². The van der Waals surface area contributed by atoms with Crippen LogP contribution >= 0.6 is 0 Å². The second-order valence-electron chi connectivity index (χ2n) is 7.61. The molecule has 3 aromatic rings. The van der Waals surface area contributed by atoms with Gasteiger partial charge in [0, 0.05) is 38.1 Å². The highest BCUT2D eigenvalue weighted by atomic mass is 16.7. The average Bonchev–Trinajstić information content (AvgIpc) is 3.26. The number of fused-ring (bicyclic) bond motifs is 2. The zero-order valence-electron chi connectivity index (χ0n) is 16.8. The number of hydrogen-bond donors (Lipinski definition) is 0. The SMILES string of the molecule is O=C(COc1cccc2ccccc12)N1CCN(Cc2ccc3c(c2)OCO3)CC1. The molecule has 2 aliphatic heterocycles. The van der Waals surface area contributed by atoms with Gasteiger partial charge in [-0.05, 0) is 29.1 Å². The van der Waals surface area contributed by atoms with Crippen LogP contribution in [0.2, 0.25) is 0 Å². The lowest BCUT2D eigenvalue weighted by molar-refractivity contribution is -0.135. The Morgan fingerprint density at radius 1 is 0.900 bits per heavy atom. The Kier molecular flexibility index (Phi) is 5.15. The minimum absolute atomic E-state index is 0.0330. The van der Waals surface area contributed by atoms with E-state index in [0.29, 0.717) is 19.9 Å². The number of piperazine rings is 1. The molecular formula is C24H24N2O4. The zero-order chi connectivity index (χ0) is 20.3. The summed E-state index contributed by atoms with van der Waals surface area (Å²) in [7, 11) is 0. The van der Waals surface area contributed by atoms with Gasteiger partial charge in [-0.1, -0.05) is 42.5 Å². The third-order valence-electron chi connectivity index (χ3n) is 5.67. The standard InChI is InChI=1S/C24H24N2O4/c27-24(16-28-21-7-3-5-19-4-1-2-6-20(19)21)26-12-10-25(11-13-26)15-18-8-9-22-23(14-18)30-17-29-22/h1-9,14H,10-13,15-17H2. The average molecular weight is 404 g/mol. The normalized spacial score (nSPS) is 16.1. The molecule has 0 atom stereocenters. The van der Waals surface area contributed by atoms with Gasteiger partial charge in [0.2, 0.25) is 6.79 Å². The van der Waals surface area contributed by atoms with Crippen molar-refractivity contribution in [3.05, 3.63) is 66.2 Å². The second-order valence-corrected chi connectivity index (χ2v) is 7.61. The highest BCUT2D eigenvalue weighted by Crippen LogP contribution is 2.33. The van der Waals surface area contributed by atoms with Gasteiger partial charge in [0.05, 0.1) is 0 Å². The molecule has 0 radical (unpaired) electrons. The fourth-order valence-electron chi connectivity index (χ4n) is 4.01. The number of carbonyl (C=O) groups is 1. The van der Waals surface area contributed by atoms with E-state index >= 15 is 0 Å².